The number of hydrogen-bond acceptors (Lipinski definition) is 2. The van der Waals surface area contributed by atoms with E-state index in [1.54, 1.807) is 24.3 Å². The molecule has 98 valence electrons. The maximum absolute atomic E-state index is 9.71. The first kappa shape index (κ1) is 14.9. The standard InChI is InChI=1S/C15H19ClO2/c1-15(2,3)10-4-5-13(17)11-18-14-8-6-12(16)7-9-14/h6-9,13,17H,5,11H2,1-3H3. The van der Waals surface area contributed by atoms with Crippen molar-refractivity contribution >= 4 is 11.6 Å². The molecule has 0 saturated heterocycles. The van der Waals surface area contributed by atoms with E-state index in [1.165, 1.54) is 0 Å². The molecule has 18 heavy (non-hydrogen) atoms. The van der Waals surface area contributed by atoms with E-state index in [4.69, 9.17) is 16.3 Å². The van der Waals surface area contributed by atoms with Gasteiger partial charge < -0.3 is 9.84 Å². The molecule has 1 N–H and O–H groups in total. The first-order chi connectivity index (χ1) is 8.37. The van der Waals surface area contributed by atoms with E-state index in [1.807, 2.05) is 20.8 Å². The van der Waals surface area contributed by atoms with Crippen LogP contribution in [-0.4, -0.2) is 17.8 Å². The summed E-state index contributed by atoms with van der Waals surface area (Å²) in [6, 6.07) is 7.05. The third-order valence-electron chi connectivity index (χ3n) is 2.06. The van der Waals surface area contributed by atoms with E-state index in [2.05, 4.69) is 11.8 Å². The molecule has 1 aromatic rings. The maximum atomic E-state index is 9.71. The van der Waals surface area contributed by atoms with Crippen LogP contribution in [0, 0.1) is 17.3 Å². The van der Waals surface area contributed by atoms with Crippen LogP contribution in [0.1, 0.15) is 27.2 Å². The fourth-order valence-electron chi connectivity index (χ4n) is 1.22. The number of ether oxygens (including phenoxy) is 1. The summed E-state index contributed by atoms with van der Waals surface area (Å²) in [4.78, 5) is 0. The summed E-state index contributed by atoms with van der Waals surface area (Å²) in [5, 5.41) is 10.4. The SMILES string of the molecule is CC(C)(C)C#CCC(O)COc1ccc(Cl)cc1. The first-order valence-electron chi connectivity index (χ1n) is 5.93. The zero-order valence-electron chi connectivity index (χ0n) is 11.0. The molecule has 0 amide bonds. The second-order valence-corrected chi connectivity index (χ2v) is 5.61. The summed E-state index contributed by atoms with van der Waals surface area (Å²) >= 11 is 5.76. The number of rotatable bonds is 4. The van der Waals surface area contributed by atoms with Crippen LogP contribution >= 0.6 is 11.6 Å². The van der Waals surface area contributed by atoms with Gasteiger partial charge in [-0.15, -0.1) is 0 Å². The third kappa shape index (κ3) is 6.54. The van der Waals surface area contributed by atoms with Gasteiger partial charge in [-0.3, -0.25) is 0 Å². The lowest BCUT2D eigenvalue weighted by Crippen LogP contribution is -2.16. The predicted octanol–water partition coefficient (Wildman–Crippen LogP) is 3.52. The summed E-state index contributed by atoms with van der Waals surface area (Å²) in [5.41, 5.74) is -0.0310. The van der Waals surface area contributed by atoms with Gasteiger partial charge in [0, 0.05) is 16.9 Å². The molecule has 1 rings (SSSR count). The van der Waals surface area contributed by atoms with E-state index in [0.29, 0.717) is 17.2 Å². The molecule has 0 bridgehead atoms. The van der Waals surface area contributed by atoms with E-state index >= 15 is 0 Å². The van der Waals surface area contributed by atoms with Crippen LogP contribution in [0.15, 0.2) is 24.3 Å². The Bertz CT molecular complexity index is 421. The van der Waals surface area contributed by atoms with Crippen LogP contribution in [0.4, 0.5) is 0 Å². The molecule has 0 saturated carbocycles. The van der Waals surface area contributed by atoms with Gasteiger partial charge in [0.05, 0.1) is 6.10 Å². The van der Waals surface area contributed by atoms with Crippen molar-refractivity contribution < 1.29 is 9.84 Å². The summed E-state index contributed by atoms with van der Waals surface area (Å²) in [6.45, 7) is 6.35. The van der Waals surface area contributed by atoms with Crippen molar-refractivity contribution in [3.05, 3.63) is 29.3 Å². The monoisotopic (exact) mass is 266 g/mol. The number of benzene rings is 1. The Kier molecular flexibility index (Phi) is 5.53. The Balaban J connectivity index is 2.34. The molecule has 0 aliphatic rings. The maximum Gasteiger partial charge on any atom is 0.119 e. The smallest absolute Gasteiger partial charge is 0.119 e. The highest BCUT2D eigenvalue weighted by Crippen LogP contribution is 2.16. The summed E-state index contributed by atoms with van der Waals surface area (Å²) in [7, 11) is 0. The van der Waals surface area contributed by atoms with Crippen LogP contribution in [0.3, 0.4) is 0 Å². The van der Waals surface area contributed by atoms with Gasteiger partial charge in [0.1, 0.15) is 12.4 Å². The Labute approximate surface area is 114 Å². The second-order valence-electron chi connectivity index (χ2n) is 5.17. The van der Waals surface area contributed by atoms with Crippen molar-refractivity contribution in [3.63, 3.8) is 0 Å². The molecule has 0 aromatic heterocycles. The fourth-order valence-corrected chi connectivity index (χ4v) is 1.34. The molecule has 2 nitrogen and oxygen atoms in total. The van der Waals surface area contributed by atoms with Gasteiger partial charge in [-0.25, -0.2) is 0 Å². The van der Waals surface area contributed by atoms with Crippen molar-refractivity contribution in [2.45, 2.75) is 33.3 Å². The van der Waals surface area contributed by atoms with Crippen LogP contribution in [-0.2, 0) is 0 Å². The quantitative estimate of drug-likeness (QED) is 0.845. The third-order valence-corrected chi connectivity index (χ3v) is 2.31. The normalized spacial score (nSPS) is 12.5. The van der Waals surface area contributed by atoms with Crippen molar-refractivity contribution in [3.8, 4) is 17.6 Å². The fraction of sp³-hybridized carbons (Fsp3) is 0.467. The molecule has 0 fully saturated rings. The lowest BCUT2D eigenvalue weighted by Gasteiger charge is -2.11. The lowest BCUT2D eigenvalue weighted by atomic mass is 9.98. The summed E-state index contributed by atoms with van der Waals surface area (Å²) < 4.78 is 5.43. The Morgan fingerprint density at radius 1 is 1.28 bits per heavy atom. The molecule has 1 aromatic carbocycles. The highest BCUT2D eigenvalue weighted by Gasteiger charge is 2.06. The Hall–Kier alpha value is -1.17. The number of aliphatic hydroxyl groups is 1. The van der Waals surface area contributed by atoms with E-state index in [0.717, 1.165) is 0 Å². The number of halogens is 1. The molecular weight excluding hydrogens is 248 g/mol. The average molecular weight is 267 g/mol. The zero-order valence-corrected chi connectivity index (χ0v) is 11.8. The van der Waals surface area contributed by atoms with Crippen LogP contribution < -0.4 is 4.74 Å². The minimum atomic E-state index is -0.574. The van der Waals surface area contributed by atoms with Gasteiger partial charge in [0.25, 0.3) is 0 Å². The second kappa shape index (κ2) is 6.68. The first-order valence-corrected chi connectivity index (χ1v) is 6.31. The van der Waals surface area contributed by atoms with Gasteiger partial charge in [0.2, 0.25) is 0 Å². The minimum Gasteiger partial charge on any atom is -0.491 e. The molecule has 0 heterocycles. The minimum absolute atomic E-state index is 0.0310. The topological polar surface area (TPSA) is 29.5 Å². The molecule has 0 radical (unpaired) electrons. The highest BCUT2D eigenvalue weighted by molar-refractivity contribution is 6.30. The van der Waals surface area contributed by atoms with Crippen molar-refractivity contribution in [1.82, 2.24) is 0 Å². The van der Waals surface area contributed by atoms with Crippen molar-refractivity contribution in [2.24, 2.45) is 5.41 Å². The predicted molar refractivity (Wildman–Crippen MR) is 74.8 cm³/mol. The molecule has 3 heteroatoms. The van der Waals surface area contributed by atoms with E-state index in [-0.39, 0.29) is 12.0 Å². The van der Waals surface area contributed by atoms with Gasteiger partial charge in [-0.2, -0.15) is 0 Å². The largest absolute Gasteiger partial charge is 0.491 e. The molecule has 0 spiro atoms. The van der Waals surface area contributed by atoms with Gasteiger partial charge in [0.15, 0.2) is 0 Å². The lowest BCUT2D eigenvalue weighted by molar-refractivity contribution is 0.111. The van der Waals surface area contributed by atoms with Gasteiger partial charge in [-0.05, 0) is 45.0 Å². The molecule has 0 aliphatic carbocycles. The van der Waals surface area contributed by atoms with Gasteiger partial charge >= 0.3 is 0 Å². The molecule has 1 unspecified atom stereocenters. The Morgan fingerprint density at radius 2 is 1.89 bits per heavy atom. The molecular formula is C15H19ClO2. The number of aliphatic hydroxyl groups excluding tert-OH is 1. The van der Waals surface area contributed by atoms with Crippen molar-refractivity contribution in [2.75, 3.05) is 6.61 Å². The highest BCUT2D eigenvalue weighted by atomic mass is 35.5. The Morgan fingerprint density at radius 3 is 2.44 bits per heavy atom. The van der Waals surface area contributed by atoms with Gasteiger partial charge in [-0.1, -0.05) is 23.4 Å². The van der Waals surface area contributed by atoms with Crippen molar-refractivity contribution in [1.29, 1.82) is 0 Å². The summed E-state index contributed by atoms with van der Waals surface area (Å²) in [5.74, 6) is 6.74. The average Bonchev–Trinajstić information content (AvgIpc) is 2.26. The molecule has 1 atom stereocenters. The van der Waals surface area contributed by atoms with Crippen LogP contribution in [0.2, 0.25) is 5.02 Å². The van der Waals surface area contributed by atoms with Crippen LogP contribution in [0.25, 0.3) is 0 Å². The summed E-state index contributed by atoms with van der Waals surface area (Å²) in [6.07, 6.45) is -0.152. The van der Waals surface area contributed by atoms with E-state index < -0.39 is 6.10 Å². The van der Waals surface area contributed by atoms with E-state index in [9.17, 15) is 5.11 Å². The van der Waals surface area contributed by atoms with Crippen LogP contribution in [0.5, 0.6) is 5.75 Å². The molecule has 0 aliphatic heterocycles. The number of hydrogen-bond donors (Lipinski definition) is 1. The zero-order chi connectivity index (χ0) is 13.6.